The normalized spacial score (nSPS) is 10.8. The predicted molar refractivity (Wildman–Crippen MR) is 66.9 cm³/mol. The highest BCUT2D eigenvalue weighted by molar-refractivity contribution is 14.1. The lowest BCUT2D eigenvalue weighted by Gasteiger charge is -1.97. The molecule has 0 unspecified atom stereocenters. The van der Waals surface area contributed by atoms with Crippen LogP contribution in [0.2, 0.25) is 0 Å². The van der Waals surface area contributed by atoms with Gasteiger partial charge in [-0.3, -0.25) is 0 Å². The Morgan fingerprint density at radius 1 is 0.812 bits per heavy atom. The number of rotatable bonds is 0. The van der Waals surface area contributed by atoms with Gasteiger partial charge in [0.15, 0.2) is 0 Å². The molecule has 0 nitrogen and oxygen atoms in total. The summed E-state index contributed by atoms with van der Waals surface area (Å²) in [7, 11) is -6.00. The molecule has 6 heteroatoms. The second kappa shape index (κ2) is 5.52. The minimum atomic E-state index is -6.00. The average molecular weight is 341 g/mol. The molecule has 2 rings (SSSR count). The maximum absolute atomic E-state index is 9.75. The van der Waals surface area contributed by atoms with Gasteiger partial charge >= 0.3 is 7.25 Å². The third-order valence-corrected chi connectivity index (χ3v) is 2.68. The Hall–Kier alpha value is -0.785. The highest BCUT2D eigenvalue weighted by Gasteiger charge is 2.20. The summed E-state index contributed by atoms with van der Waals surface area (Å²) in [5.74, 6) is 0. The second-order valence-electron chi connectivity index (χ2n) is 2.96. The Kier molecular flexibility index (Phi) is 4.58. The summed E-state index contributed by atoms with van der Waals surface area (Å²) in [6.07, 6.45) is 0. The lowest BCUT2D eigenvalue weighted by atomic mass is 10.1. The Bertz CT molecular complexity index is 458. The van der Waals surface area contributed by atoms with Crippen LogP contribution in [0.5, 0.6) is 0 Å². The number of hydrogen-bond donors (Lipinski definition) is 0. The number of halogens is 5. The number of hydrogen-bond acceptors (Lipinski definition) is 0. The Morgan fingerprint density at radius 3 is 1.88 bits per heavy atom. The smallest absolute Gasteiger partial charge is 0.418 e. The van der Waals surface area contributed by atoms with E-state index in [0.29, 0.717) is 0 Å². The molecule has 0 aliphatic carbocycles. The SMILES string of the molecule is F[B-](F)(F)F.Ic1cccc2ccccc12. The zero-order chi connectivity index (χ0) is 12.2. The molecule has 0 radical (unpaired) electrons. The van der Waals surface area contributed by atoms with E-state index in [9.17, 15) is 17.3 Å². The molecule has 0 spiro atoms. The summed E-state index contributed by atoms with van der Waals surface area (Å²) in [6, 6.07) is 14.8. The van der Waals surface area contributed by atoms with Crippen LogP contribution in [0.1, 0.15) is 0 Å². The monoisotopic (exact) mass is 341 g/mol. The molecule has 0 aliphatic heterocycles. The average Bonchev–Trinajstić information content (AvgIpc) is 2.16. The van der Waals surface area contributed by atoms with Crippen molar-refractivity contribution >= 4 is 40.6 Å². The third-order valence-electron chi connectivity index (χ3n) is 1.74. The minimum absolute atomic E-state index is 1.32. The number of fused-ring (bicyclic) bond motifs is 1. The van der Waals surface area contributed by atoms with E-state index >= 15 is 0 Å². The van der Waals surface area contributed by atoms with Gasteiger partial charge in [0.05, 0.1) is 0 Å². The van der Waals surface area contributed by atoms with Crippen LogP contribution in [0.25, 0.3) is 10.8 Å². The van der Waals surface area contributed by atoms with E-state index in [4.69, 9.17) is 0 Å². The fraction of sp³-hybridized carbons (Fsp3) is 0. The fourth-order valence-corrected chi connectivity index (χ4v) is 1.88. The molecule has 0 aliphatic rings. The van der Waals surface area contributed by atoms with Gasteiger partial charge < -0.3 is 17.3 Å². The zero-order valence-electron chi connectivity index (χ0n) is 8.01. The van der Waals surface area contributed by atoms with E-state index < -0.39 is 7.25 Å². The van der Waals surface area contributed by atoms with E-state index in [1.165, 1.54) is 14.3 Å². The first-order chi connectivity index (χ1) is 7.38. The van der Waals surface area contributed by atoms with Crippen molar-refractivity contribution in [2.24, 2.45) is 0 Å². The van der Waals surface area contributed by atoms with Crippen molar-refractivity contribution in [1.29, 1.82) is 0 Å². The summed E-state index contributed by atoms with van der Waals surface area (Å²) in [4.78, 5) is 0. The molecule has 2 aromatic carbocycles. The third kappa shape index (κ3) is 4.83. The molecule has 0 amide bonds. The molecular weight excluding hydrogens is 334 g/mol. The van der Waals surface area contributed by atoms with Gasteiger partial charge in [0.2, 0.25) is 0 Å². The fourth-order valence-electron chi connectivity index (χ4n) is 1.19. The van der Waals surface area contributed by atoms with Crippen LogP contribution in [0.4, 0.5) is 17.3 Å². The molecular formula is C10H7BF4I-. The molecule has 16 heavy (non-hydrogen) atoms. The van der Waals surface area contributed by atoms with Gasteiger partial charge in [0, 0.05) is 3.57 Å². The van der Waals surface area contributed by atoms with E-state index in [2.05, 4.69) is 65.1 Å². The molecule has 86 valence electrons. The van der Waals surface area contributed by atoms with Crippen LogP contribution in [-0.4, -0.2) is 7.25 Å². The maximum Gasteiger partial charge on any atom is 0.673 e. The summed E-state index contributed by atoms with van der Waals surface area (Å²) in [5.41, 5.74) is 0. The van der Waals surface area contributed by atoms with Crippen molar-refractivity contribution in [2.45, 2.75) is 0 Å². The van der Waals surface area contributed by atoms with Crippen molar-refractivity contribution in [3.8, 4) is 0 Å². The molecule has 0 saturated carbocycles. The van der Waals surface area contributed by atoms with Crippen molar-refractivity contribution in [3.05, 3.63) is 46.0 Å². The van der Waals surface area contributed by atoms with Crippen LogP contribution >= 0.6 is 22.6 Å². The summed E-state index contributed by atoms with van der Waals surface area (Å²) < 4.78 is 40.3. The Balaban J connectivity index is 0.000000221. The molecule has 0 saturated heterocycles. The van der Waals surface area contributed by atoms with Gasteiger partial charge in [0.1, 0.15) is 0 Å². The highest BCUT2D eigenvalue weighted by atomic mass is 127. The van der Waals surface area contributed by atoms with E-state index in [0.717, 1.165) is 0 Å². The first-order valence-electron chi connectivity index (χ1n) is 4.38. The topological polar surface area (TPSA) is 0 Å². The summed E-state index contributed by atoms with van der Waals surface area (Å²) in [6.45, 7) is 0. The lowest BCUT2D eigenvalue weighted by molar-refractivity contribution is 0.368. The van der Waals surface area contributed by atoms with Gasteiger partial charge in [-0.25, -0.2) is 0 Å². The first-order valence-corrected chi connectivity index (χ1v) is 5.46. The Labute approximate surface area is 104 Å². The van der Waals surface area contributed by atoms with Crippen LogP contribution in [0.15, 0.2) is 42.5 Å². The van der Waals surface area contributed by atoms with Gasteiger partial charge in [0.25, 0.3) is 0 Å². The summed E-state index contributed by atoms with van der Waals surface area (Å²) in [5, 5.41) is 2.66. The van der Waals surface area contributed by atoms with Crippen LogP contribution in [0, 0.1) is 3.57 Å². The van der Waals surface area contributed by atoms with Gasteiger partial charge in [-0.2, -0.15) is 0 Å². The first kappa shape index (κ1) is 13.3. The molecule has 2 aromatic rings. The molecule has 0 N–H and O–H groups in total. The highest BCUT2D eigenvalue weighted by Crippen LogP contribution is 2.19. The van der Waals surface area contributed by atoms with Crippen molar-refractivity contribution in [1.82, 2.24) is 0 Å². The van der Waals surface area contributed by atoms with E-state index in [1.54, 1.807) is 0 Å². The Morgan fingerprint density at radius 2 is 1.31 bits per heavy atom. The second-order valence-corrected chi connectivity index (χ2v) is 4.12. The van der Waals surface area contributed by atoms with Crippen molar-refractivity contribution < 1.29 is 17.3 Å². The van der Waals surface area contributed by atoms with Crippen LogP contribution in [-0.2, 0) is 0 Å². The quantitative estimate of drug-likeness (QED) is 0.369. The van der Waals surface area contributed by atoms with E-state index in [-0.39, 0.29) is 0 Å². The predicted octanol–water partition coefficient (Wildman–Crippen LogP) is 4.74. The number of benzene rings is 2. The molecule has 0 heterocycles. The van der Waals surface area contributed by atoms with Crippen molar-refractivity contribution in [2.75, 3.05) is 0 Å². The van der Waals surface area contributed by atoms with Crippen LogP contribution < -0.4 is 0 Å². The van der Waals surface area contributed by atoms with Crippen molar-refractivity contribution in [3.63, 3.8) is 0 Å². The zero-order valence-corrected chi connectivity index (χ0v) is 10.2. The van der Waals surface area contributed by atoms with E-state index in [1.807, 2.05) is 0 Å². The van der Waals surface area contributed by atoms with Gasteiger partial charge in [-0.05, 0) is 39.4 Å². The maximum atomic E-state index is 9.75. The lowest BCUT2D eigenvalue weighted by Crippen LogP contribution is -2.02. The van der Waals surface area contributed by atoms with Gasteiger partial charge in [-0.1, -0.05) is 36.4 Å². The van der Waals surface area contributed by atoms with Gasteiger partial charge in [-0.15, -0.1) is 0 Å². The van der Waals surface area contributed by atoms with Crippen LogP contribution in [0.3, 0.4) is 0 Å². The largest absolute Gasteiger partial charge is 0.673 e. The molecule has 0 bridgehead atoms. The standard InChI is InChI=1S/C10H7I.BF4/c11-10-7-3-5-8-4-1-2-6-9(8)10;2-1(3,4)5/h1-7H;/q;-1. The molecule has 0 atom stereocenters. The minimum Gasteiger partial charge on any atom is -0.418 e. The molecule has 0 fully saturated rings. The molecule has 0 aromatic heterocycles. The summed E-state index contributed by atoms with van der Waals surface area (Å²) >= 11 is 2.36.